The number of hydrogen-bond donors (Lipinski definition) is 1. The quantitative estimate of drug-likeness (QED) is 0.786. The fourth-order valence-electron chi connectivity index (χ4n) is 1.68. The van der Waals surface area contributed by atoms with Crippen LogP contribution in [0.15, 0.2) is 18.2 Å². The Morgan fingerprint density at radius 3 is 2.67 bits per heavy atom. The third-order valence-corrected chi connectivity index (χ3v) is 3.53. The Labute approximate surface area is 114 Å². The fraction of sp³-hybridized carbons (Fsp3) is 0.571. The van der Waals surface area contributed by atoms with Crippen molar-refractivity contribution in [2.75, 3.05) is 26.2 Å². The maximum atomic E-state index is 5.38. The molecule has 0 aliphatic carbocycles. The van der Waals surface area contributed by atoms with Crippen LogP contribution in [-0.4, -0.2) is 32.3 Å². The largest absolute Gasteiger partial charge is 0.497 e. The van der Waals surface area contributed by atoms with Crippen molar-refractivity contribution < 1.29 is 9.47 Å². The summed E-state index contributed by atoms with van der Waals surface area (Å²) in [5.41, 5.74) is 1.16. The van der Waals surface area contributed by atoms with Gasteiger partial charge in [0, 0.05) is 24.2 Å². The summed E-state index contributed by atoms with van der Waals surface area (Å²) in [6.45, 7) is 3.04. The second-order valence-electron chi connectivity index (χ2n) is 4.24. The van der Waals surface area contributed by atoms with Crippen LogP contribution in [-0.2, 0) is 6.54 Å². The SMILES string of the molecule is COc1ccc(CNC(C)CCSC)c(OC)c1. The van der Waals surface area contributed by atoms with E-state index in [0.717, 1.165) is 23.6 Å². The predicted octanol–water partition coefficient (Wildman–Crippen LogP) is 2.94. The molecule has 0 heterocycles. The highest BCUT2D eigenvalue weighted by Crippen LogP contribution is 2.24. The van der Waals surface area contributed by atoms with E-state index in [2.05, 4.69) is 18.5 Å². The number of benzene rings is 1. The van der Waals surface area contributed by atoms with Gasteiger partial charge in [0.2, 0.25) is 0 Å². The molecule has 0 radical (unpaired) electrons. The first-order valence-corrected chi connectivity index (χ1v) is 7.53. The maximum absolute atomic E-state index is 5.38. The van der Waals surface area contributed by atoms with Gasteiger partial charge in [-0.25, -0.2) is 0 Å². The summed E-state index contributed by atoms with van der Waals surface area (Å²) in [6.07, 6.45) is 3.32. The van der Waals surface area contributed by atoms with Gasteiger partial charge in [0.1, 0.15) is 11.5 Å². The van der Waals surface area contributed by atoms with Gasteiger partial charge in [0.25, 0.3) is 0 Å². The van der Waals surface area contributed by atoms with E-state index in [4.69, 9.17) is 9.47 Å². The Morgan fingerprint density at radius 1 is 1.28 bits per heavy atom. The summed E-state index contributed by atoms with van der Waals surface area (Å²) < 4.78 is 10.6. The van der Waals surface area contributed by atoms with Crippen molar-refractivity contribution in [3.63, 3.8) is 0 Å². The van der Waals surface area contributed by atoms with Crippen molar-refractivity contribution in [2.24, 2.45) is 0 Å². The molecule has 0 amide bonds. The third kappa shape index (κ3) is 4.78. The number of hydrogen-bond acceptors (Lipinski definition) is 4. The summed E-state index contributed by atoms with van der Waals surface area (Å²) in [6, 6.07) is 6.45. The Balaban J connectivity index is 2.55. The topological polar surface area (TPSA) is 30.5 Å². The number of ether oxygens (including phenoxy) is 2. The van der Waals surface area contributed by atoms with Crippen LogP contribution in [0.4, 0.5) is 0 Å². The molecule has 3 nitrogen and oxygen atoms in total. The molecule has 1 unspecified atom stereocenters. The smallest absolute Gasteiger partial charge is 0.127 e. The standard InChI is InChI=1S/C14H23NO2S/c1-11(7-8-18-4)15-10-12-5-6-13(16-2)9-14(12)17-3/h5-6,9,11,15H,7-8,10H2,1-4H3. The molecule has 0 fully saturated rings. The molecule has 0 aromatic heterocycles. The minimum atomic E-state index is 0.518. The van der Waals surface area contributed by atoms with Gasteiger partial charge in [-0.1, -0.05) is 6.07 Å². The van der Waals surface area contributed by atoms with Crippen molar-refractivity contribution in [3.05, 3.63) is 23.8 Å². The van der Waals surface area contributed by atoms with Crippen molar-refractivity contribution in [1.29, 1.82) is 0 Å². The maximum Gasteiger partial charge on any atom is 0.127 e. The molecule has 1 aromatic carbocycles. The molecule has 1 rings (SSSR count). The van der Waals surface area contributed by atoms with E-state index in [0.29, 0.717) is 6.04 Å². The molecule has 4 heteroatoms. The number of methoxy groups -OCH3 is 2. The highest BCUT2D eigenvalue weighted by Gasteiger charge is 2.06. The first-order chi connectivity index (χ1) is 8.71. The van der Waals surface area contributed by atoms with Gasteiger partial charge in [0.05, 0.1) is 14.2 Å². The van der Waals surface area contributed by atoms with Crippen molar-refractivity contribution >= 4 is 11.8 Å². The minimum Gasteiger partial charge on any atom is -0.497 e. The molecule has 18 heavy (non-hydrogen) atoms. The lowest BCUT2D eigenvalue weighted by atomic mass is 10.1. The summed E-state index contributed by atoms with van der Waals surface area (Å²) in [4.78, 5) is 0. The summed E-state index contributed by atoms with van der Waals surface area (Å²) >= 11 is 1.88. The predicted molar refractivity (Wildman–Crippen MR) is 78.8 cm³/mol. The average Bonchev–Trinajstić information content (AvgIpc) is 2.42. The molecule has 1 N–H and O–H groups in total. The van der Waals surface area contributed by atoms with E-state index in [9.17, 15) is 0 Å². The van der Waals surface area contributed by atoms with Gasteiger partial charge >= 0.3 is 0 Å². The highest BCUT2D eigenvalue weighted by atomic mass is 32.2. The second kappa shape index (κ2) is 8.27. The van der Waals surface area contributed by atoms with Gasteiger partial charge in [-0.05, 0) is 31.4 Å². The van der Waals surface area contributed by atoms with E-state index in [-0.39, 0.29) is 0 Å². The monoisotopic (exact) mass is 269 g/mol. The van der Waals surface area contributed by atoms with E-state index >= 15 is 0 Å². The Hall–Kier alpha value is -0.870. The van der Waals surface area contributed by atoms with E-state index in [1.165, 1.54) is 12.2 Å². The summed E-state index contributed by atoms with van der Waals surface area (Å²) in [7, 11) is 3.35. The molecule has 0 aliphatic heterocycles. The fourth-order valence-corrected chi connectivity index (χ4v) is 2.27. The van der Waals surface area contributed by atoms with Crippen molar-refractivity contribution in [1.82, 2.24) is 5.32 Å². The van der Waals surface area contributed by atoms with Gasteiger partial charge in [0.15, 0.2) is 0 Å². The van der Waals surface area contributed by atoms with Crippen LogP contribution in [0.3, 0.4) is 0 Å². The molecule has 0 bridgehead atoms. The summed E-state index contributed by atoms with van der Waals surface area (Å²) in [5, 5.41) is 3.51. The van der Waals surface area contributed by atoms with E-state index in [1.807, 2.05) is 30.0 Å². The normalized spacial score (nSPS) is 12.2. The van der Waals surface area contributed by atoms with Gasteiger partial charge < -0.3 is 14.8 Å². The number of rotatable bonds is 8. The molecule has 0 saturated heterocycles. The second-order valence-corrected chi connectivity index (χ2v) is 5.23. The van der Waals surface area contributed by atoms with Gasteiger partial charge in [-0.15, -0.1) is 0 Å². The van der Waals surface area contributed by atoms with Crippen LogP contribution in [0, 0.1) is 0 Å². The van der Waals surface area contributed by atoms with Crippen LogP contribution in [0.5, 0.6) is 11.5 Å². The van der Waals surface area contributed by atoms with Gasteiger partial charge in [-0.2, -0.15) is 11.8 Å². The van der Waals surface area contributed by atoms with Crippen LogP contribution >= 0.6 is 11.8 Å². The number of nitrogens with one attached hydrogen (secondary N) is 1. The average molecular weight is 269 g/mol. The molecule has 1 atom stereocenters. The Morgan fingerprint density at radius 2 is 2.06 bits per heavy atom. The molecular weight excluding hydrogens is 246 g/mol. The zero-order valence-electron chi connectivity index (χ0n) is 11.7. The zero-order chi connectivity index (χ0) is 13.4. The Kier molecular flexibility index (Phi) is 6.98. The first kappa shape index (κ1) is 15.2. The van der Waals surface area contributed by atoms with Crippen LogP contribution < -0.4 is 14.8 Å². The third-order valence-electron chi connectivity index (χ3n) is 2.89. The minimum absolute atomic E-state index is 0.518. The first-order valence-electron chi connectivity index (χ1n) is 6.14. The van der Waals surface area contributed by atoms with E-state index in [1.54, 1.807) is 14.2 Å². The molecule has 0 aliphatic rings. The van der Waals surface area contributed by atoms with Gasteiger partial charge in [-0.3, -0.25) is 0 Å². The van der Waals surface area contributed by atoms with Crippen LogP contribution in [0.2, 0.25) is 0 Å². The highest BCUT2D eigenvalue weighted by molar-refractivity contribution is 7.98. The molecule has 102 valence electrons. The van der Waals surface area contributed by atoms with Crippen molar-refractivity contribution in [3.8, 4) is 11.5 Å². The summed E-state index contributed by atoms with van der Waals surface area (Å²) in [5.74, 6) is 2.89. The van der Waals surface area contributed by atoms with Crippen LogP contribution in [0.1, 0.15) is 18.9 Å². The lowest BCUT2D eigenvalue weighted by Crippen LogP contribution is -2.26. The molecule has 1 aromatic rings. The Bertz CT molecular complexity index is 358. The molecular formula is C14H23NO2S. The lowest BCUT2D eigenvalue weighted by molar-refractivity contribution is 0.388. The zero-order valence-corrected chi connectivity index (χ0v) is 12.5. The van der Waals surface area contributed by atoms with Crippen molar-refractivity contribution in [2.45, 2.75) is 25.9 Å². The number of thioether (sulfide) groups is 1. The van der Waals surface area contributed by atoms with Crippen LogP contribution in [0.25, 0.3) is 0 Å². The molecule has 0 saturated carbocycles. The molecule has 0 spiro atoms. The van der Waals surface area contributed by atoms with E-state index < -0.39 is 0 Å². The lowest BCUT2D eigenvalue weighted by Gasteiger charge is -2.15.